The highest BCUT2D eigenvalue weighted by molar-refractivity contribution is 7.92. The Bertz CT molecular complexity index is 677. The van der Waals surface area contributed by atoms with E-state index in [1.54, 1.807) is 19.1 Å². The fourth-order valence-electron chi connectivity index (χ4n) is 2.23. The number of hydrogen-bond acceptors (Lipinski definition) is 3. The molecule has 2 unspecified atom stereocenters. The molecule has 0 amide bonds. The Hall–Kier alpha value is -1.39. The number of hydrogen-bond donors (Lipinski definition) is 1. The molecule has 19 heavy (non-hydrogen) atoms. The normalized spacial score (nSPS) is 15.3. The Morgan fingerprint density at radius 2 is 1.68 bits per heavy atom. The van der Waals surface area contributed by atoms with Gasteiger partial charge in [-0.3, -0.25) is 0 Å². The largest absolute Gasteiger partial charge is 0.328 e. The van der Waals surface area contributed by atoms with E-state index >= 15 is 0 Å². The standard InChI is InChI=1S/C15H19NO2S/c1-11(16)9-12(2)19(17,18)15-8-7-13-5-3-4-6-14(13)10-15/h3-8,10-12H,9,16H2,1-2H3. The van der Waals surface area contributed by atoms with Crippen molar-refractivity contribution in [3.8, 4) is 0 Å². The zero-order valence-electron chi connectivity index (χ0n) is 11.2. The lowest BCUT2D eigenvalue weighted by atomic mass is 10.1. The van der Waals surface area contributed by atoms with E-state index in [9.17, 15) is 8.42 Å². The zero-order valence-corrected chi connectivity index (χ0v) is 12.0. The molecule has 102 valence electrons. The number of sulfone groups is 1. The first-order chi connectivity index (χ1) is 8.91. The van der Waals surface area contributed by atoms with Crippen molar-refractivity contribution in [2.45, 2.75) is 36.5 Å². The topological polar surface area (TPSA) is 60.2 Å². The van der Waals surface area contributed by atoms with Crippen LogP contribution in [0.4, 0.5) is 0 Å². The van der Waals surface area contributed by atoms with Crippen molar-refractivity contribution in [1.29, 1.82) is 0 Å². The Morgan fingerprint density at radius 3 is 2.32 bits per heavy atom. The number of nitrogens with two attached hydrogens (primary N) is 1. The number of benzene rings is 2. The third-order valence-corrected chi connectivity index (χ3v) is 5.45. The van der Waals surface area contributed by atoms with E-state index in [1.165, 1.54) is 0 Å². The smallest absolute Gasteiger partial charge is 0.181 e. The van der Waals surface area contributed by atoms with E-state index < -0.39 is 15.1 Å². The van der Waals surface area contributed by atoms with Crippen LogP contribution < -0.4 is 5.73 Å². The second kappa shape index (κ2) is 5.31. The van der Waals surface area contributed by atoms with Gasteiger partial charge in [-0.2, -0.15) is 0 Å². The fraction of sp³-hybridized carbons (Fsp3) is 0.333. The molecule has 2 rings (SSSR count). The van der Waals surface area contributed by atoms with Gasteiger partial charge in [-0.05, 0) is 43.2 Å². The Labute approximate surface area is 114 Å². The van der Waals surface area contributed by atoms with Crippen molar-refractivity contribution in [1.82, 2.24) is 0 Å². The van der Waals surface area contributed by atoms with Gasteiger partial charge in [0.15, 0.2) is 9.84 Å². The predicted molar refractivity (Wildman–Crippen MR) is 78.9 cm³/mol. The molecule has 2 aromatic carbocycles. The molecule has 0 bridgehead atoms. The summed E-state index contributed by atoms with van der Waals surface area (Å²) in [6.45, 7) is 3.54. The highest BCUT2D eigenvalue weighted by Gasteiger charge is 2.24. The van der Waals surface area contributed by atoms with Gasteiger partial charge < -0.3 is 5.73 Å². The van der Waals surface area contributed by atoms with Crippen molar-refractivity contribution < 1.29 is 8.42 Å². The summed E-state index contributed by atoms with van der Waals surface area (Å²) in [5.41, 5.74) is 5.69. The first-order valence-corrected chi connectivity index (χ1v) is 7.94. The second-order valence-corrected chi connectivity index (χ2v) is 7.44. The molecule has 0 saturated heterocycles. The first kappa shape index (κ1) is 14.0. The molecule has 0 aliphatic heterocycles. The van der Waals surface area contributed by atoms with Crippen LogP contribution in [0.2, 0.25) is 0 Å². The average molecular weight is 277 g/mol. The highest BCUT2D eigenvalue weighted by Crippen LogP contribution is 2.23. The van der Waals surface area contributed by atoms with Crippen LogP contribution in [0.15, 0.2) is 47.4 Å². The lowest BCUT2D eigenvalue weighted by molar-refractivity contribution is 0.563. The minimum atomic E-state index is -3.31. The van der Waals surface area contributed by atoms with Gasteiger partial charge in [0.25, 0.3) is 0 Å². The van der Waals surface area contributed by atoms with Gasteiger partial charge in [-0.25, -0.2) is 8.42 Å². The van der Waals surface area contributed by atoms with E-state index in [0.717, 1.165) is 10.8 Å². The third-order valence-electron chi connectivity index (χ3n) is 3.28. The fourth-order valence-corrected chi connectivity index (χ4v) is 3.80. The molecule has 0 spiro atoms. The van der Waals surface area contributed by atoms with Crippen LogP contribution in [0, 0.1) is 0 Å². The Morgan fingerprint density at radius 1 is 1.05 bits per heavy atom. The van der Waals surface area contributed by atoms with E-state index in [1.807, 2.05) is 37.3 Å². The van der Waals surface area contributed by atoms with Crippen LogP contribution in [-0.4, -0.2) is 19.7 Å². The van der Waals surface area contributed by atoms with Gasteiger partial charge in [0.1, 0.15) is 0 Å². The lowest BCUT2D eigenvalue weighted by Gasteiger charge is -2.15. The third kappa shape index (κ3) is 2.96. The molecular weight excluding hydrogens is 258 g/mol. The molecule has 0 radical (unpaired) electrons. The van der Waals surface area contributed by atoms with Crippen molar-refractivity contribution in [2.75, 3.05) is 0 Å². The summed E-state index contributed by atoms with van der Waals surface area (Å²) in [6.07, 6.45) is 0.467. The van der Waals surface area contributed by atoms with E-state index in [-0.39, 0.29) is 6.04 Å². The van der Waals surface area contributed by atoms with Crippen LogP contribution in [0.5, 0.6) is 0 Å². The molecule has 0 aliphatic rings. The van der Waals surface area contributed by atoms with Crippen LogP contribution >= 0.6 is 0 Å². The maximum atomic E-state index is 12.5. The molecule has 0 heterocycles. The maximum absolute atomic E-state index is 12.5. The summed E-state index contributed by atoms with van der Waals surface area (Å²) >= 11 is 0. The van der Waals surface area contributed by atoms with Gasteiger partial charge in [0, 0.05) is 6.04 Å². The van der Waals surface area contributed by atoms with Crippen LogP contribution in [0.3, 0.4) is 0 Å². The molecule has 4 heteroatoms. The second-order valence-electron chi connectivity index (χ2n) is 5.08. The van der Waals surface area contributed by atoms with Crippen LogP contribution in [0.25, 0.3) is 10.8 Å². The summed E-state index contributed by atoms with van der Waals surface area (Å²) in [5.74, 6) is 0. The average Bonchev–Trinajstić information content (AvgIpc) is 2.37. The monoisotopic (exact) mass is 277 g/mol. The minimum Gasteiger partial charge on any atom is -0.328 e. The van der Waals surface area contributed by atoms with Gasteiger partial charge in [0.05, 0.1) is 10.1 Å². The van der Waals surface area contributed by atoms with Crippen molar-refractivity contribution in [2.24, 2.45) is 5.73 Å². The first-order valence-electron chi connectivity index (χ1n) is 6.39. The molecule has 0 aromatic heterocycles. The Kier molecular flexibility index (Phi) is 3.92. The molecule has 2 atom stereocenters. The van der Waals surface area contributed by atoms with Gasteiger partial charge in [0.2, 0.25) is 0 Å². The molecule has 3 nitrogen and oxygen atoms in total. The zero-order chi connectivity index (χ0) is 14.0. The van der Waals surface area contributed by atoms with Crippen LogP contribution in [-0.2, 0) is 9.84 Å². The van der Waals surface area contributed by atoms with Gasteiger partial charge in [-0.15, -0.1) is 0 Å². The van der Waals surface area contributed by atoms with E-state index in [4.69, 9.17) is 5.73 Å². The predicted octanol–water partition coefficient (Wildman–Crippen LogP) is 2.74. The van der Waals surface area contributed by atoms with Crippen molar-refractivity contribution in [3.63, 3.8) is 0 Å². The quantitative estimate of drug-likeness (QED) is 0.934. The van der Waals surface area contributed by atoms with Crippen molar-refractivity contribution in [3.05, 3.63) is 42.5 Å². The molecule has 0 fully saturated rings. The van der Waals surface area contributed by atoms with E-state index in [0.29, 0.717) is 11.3 Å². The van der Waals surface area contributed by atoms with Gasteiger partial charge >= 0.3 is 0 Å². The maximum Gasteiger partial charge on any atom is 0.181 e. The van der Waals surface area contributed by atoms with Crippen molar-refractivity contribution >= 4 is 20.6 Å². The van der Waals surface area contributed by atoms with E-state index in [2.05, 4.69) is 0 Å². The summed E-state index contributed by atoms with van der Waals surface area (Å²) in [6, 6.07) is 12.9. The summed E-state index contributed by atoms with van der Waals surface area (Å²) in [7, 11) is -3.31. The molecule has 2 aromatic rings. The molecule has 0 saturated carbocycles. The molecular formula is C15H19NO2S. The number of fused-ring (bicyclic) bond motifs is 1. The SMILES string of the molecule is CC(N)CC(C)S(=O)(=O)c1ccc2ccccc2c1. The molecule has 0 aliphatic carbocycles. The molecule has 2 N–H and O–H groups in total. The highest BCUT2D eigenvalue weighted by atomic mass is 32.2. The lowest BCUT2D eigenvalue weighted by Crippen LogP contribution is -2.27. The minimum absolute atomic E-state index is 0.120. The van der Waals surface area contributed by atoms with Gasteiger partial charge in [-0.1, -0.05) is 30.3 Å². The number of rotatable bonds is 4. The summed E-state index contributed by atoms with van der Waals surface area (Å²) < 4.78 is 24.9. The summed E-state index contributed by atoms with van der Waals surface area (Å²) in [5, 5.41) is 1.52. The summed E-state index contributed by atoms with van der Waals surface area (Å²) in [4.78, 5) is 0.374. The Balaban J connectivity index is 2.43. The van der Waals surface area contributed by atoms with Crippen LogP contribution in [0.1, 0.15) is 20.3 Å².